The molecule has 0 bridgehead atoms. The number of nitrogens with zero attached hydrogens (tertiary/aromatic N) is 4. The molecule has 1 atom stereocenters. The molecule has 1 saturated carbocycles. The van der Waals surface area contributed by atoms with E-state index in [0.29, 0.717) is 25.9 Å². The van der Waals surface area contributed by atoms with E-state index in [9.17, 15) is 13.2 Å². The second-order valence-corrected chi connectivity index (χ2v) is 8.86. The third-order valence-electron chi connectivity index (χ3n) is 4.95. The molecule has 1 aromatic heterocycles. The van der Waals surface area contributed by atoms with Crippen molar-refractivity contribution >= 4 is 15.7 Å². The van der Waals surface area contributed by atoms with Gasteiger partial charge in [0.2, 0.25) is 5.91 Å². The summed E-state index contributed by atoms with van der Waals surface area (Å²) in [4.78, 5) is 14.4. The molecule has 2 aliphatic rings. The first-order valence-corrected chi connectivity index (χ1v) is 10.1. The van der Waals surface area contributed by atoms with Crippen molar-refractivity contribution < 1.29 is 13.2 Å². The monoisotopic (exact) mass is 340 g/mol. The number of piperidine rings is 1. The van der Waals surface area contributed by atoms with E-state index >= 15 is 0 Å². The van der Waals surface area contributed by atoms with Gasteiger partial charge < -0.3 is 4.90 Å². The maximum atomic E-state index is 12.6. The van der Waals surface area contributed by atoms with Crippen LogP contribution in [0.5, 0.6) is 0 Å². The molecular formula is C15H24N4O3S. The molecule has 7 nitrogen and oxygen atoms in total. The smallest absolute Gasteiger partial charge is 0.238 e. The fourth-order valence-electron chi connectivity index (χ4n) is 3.69. The summed E-state index contributed by atoms with van der Waals surface area (Å²) in [5.41, 5.74) is 0. The zero-order chi connectivity index (χ0) is 16.3. The summed E-state index contributed by atoms with van der Waals surface area (Å²) < 4.78 is 26.6. The second-order valence-electron chi connectivity index (χ2n) is 6.58. The Morgan fingerprint density at radius 3 is 2.57 bits per heavy atom. The van der Waals surface area contributed by atoms with Crippen LogP contribution in [0.25, 0.3) is 0 Å². The van der Waals surface area contributed by atoms with Gasteiger partial charge in [-0.25, -0.2) is 8.42 Å². The predicted octanol–water partition coefficient (Wildman–Crippen LogP) is 1.02. The molecule has 1 amide bonds. The summed E-state index contributed by atoms with van der Waals surface area (Å²) in [6.07, 6.45) is 9.58. The van der Waals surface area contributed by atoms with Crippen LogP contribution < -0.4 is 0 Å². The minimum Gasteiger partial charge on any atom is -0.337 e. The largest absolute Gasteiger partial charge is 0.337 e. The number of sulfone groups is 1. The van der Waals surface area contributed by atoms with Crippen molar-refractivity contribution in [2.45, 2.75) is 62.8 Å². The van der Waals surface area contributed by atoms with Gasteiger partial charge in [0, 0.05) is 12.7 Å². The van der Waals surface area contributed by atoms with Gasteiger partial charge in [-0.15, -0.1) is 5.10 Å². The van der Waals surface area contributed by atoms with Gasteiger partial charge >= 0.3 is 0 Å². The van der Waals surface area contributed by atoms with E-state index in [4.69, 9.17) is 0 Å². The molecule has 1 aliphatic heterocycles. The number of hydrogen-bond acceptors (Lipinski definition) is 5. The molecule has 0 radical (unpaired) electrons. The highest BCUT2D eigenvalue weighted by Gasteiger charge is 2.34. The minimum atomic E-state index is -3.32. The van der Waals surface area contributed by atoms with Crippen molar-refractivity contribution in [1.82, 2.24) is 19.9 Å². The van der Waals surface area contributed by atoms with Crippen LogP contribution in [0.4, 0.5) is 0 Å². The van der Waals surface area contributed by atoms with Gasteiger partial charge in [0.05, 0.1) is 24.0 Å². The Morgan fingerprint density at radius 1 is 1.13 bits per heavy atom. The summed E-state index contributed by atoms with van der Waals surface area (Å²) in [7, 11) is -3.32. The van der Waals surface area contributed by atoms with Crippen LogP contribution in [-0.4, -0.2) is 57.8 Å². The molecule has 2 fully saturated rings. The Labute approximate surface area is 137 Å². The maximum absolute atomic E-state index is 12.6. The summed E-state index contributed by atoms with van der Waals surface area (Å²) >= 11 is 0. The fourth-order valence-corrected chi connectivity index (χ4v) is 5.48. The Hall–Kier alpha value is -1.44. The van der Waals surface area contributed by atoms with E-state index < -0.39 is 9.84 Å². The van der Waals surface area contributed by atoms with Gasteiger partial charge in [-0.2, -0.15) is 0 Å². The van der Waals surface area contributed by atoms with E-state index in [0.717, 1.165) is 32.1 Å². The molecule has 1 aliphatic carbocycles. The lowest BCUT2D eigenvalue weighted by Gasteiger charge is -2.35. The highest BCUT2D eigenvalue weighted by molar-refractivity contribution is 7.92. The second kappa shape index (κ2) is 6.98. The van der Waals surface area contributed by atoms with Gasteiger partial charge in [-0.3, -0.25) is 9.48 Å². The lowest BCUT2D eigenvalue weighted by molar-refractivity contribution is -0.132. The molecule has 1 saturated heterocycles. The molecule has 0 aromatic carbocycles. The number of rotatable bonds is 5. The molecule has 1 aromatic rings. The van der Waals surface area contributed by atoms with Crippen LogP contribution in [0, 0.1) is 0 Å². The molecule has 0 spiro atoms. The molecule has 8 heteroatoms. The Kier molecular flexibility index (Phi) is 4.99. The Bertz CT molecular complexity index is 623. The van der Waals surface area contributed by atoms with E-state index in [1.165, 1.54) is 0 Å². The lowest BCUT2D eigenvalue weighted by Crippen LogP contribution is -2.48. The predicted molar refractivity (Wildman–Crippen MR) is 85.4 cm³/mol. The summed E-state index contributed by atoms with van der Waals surface area (Å²) in [5.74, 6) is -0.590. The van der Waals surface area contributed by atoms with Crippen LogP contribution in [0.3, 0.4) is 0 Å². The Balaban J connectivity index is 1.66. The zero-order valence-corrected chi connectivity index (χ0v) is 14.1. The highest BCUT2D eigenvalue weighted by Crippen LogP contribution is 2.26. The summed E-state index contributed by atoms with van der Waals surface area (Å²) in [6, 6.07) is 0.0109. The first-order valence-electron chi connectivity index (χ1n) is 8.41. The number of hydrogen-bond donors (Lipinski definition) is 0. The first kappa shape index (κ1) is 16.4. The molecular weight excluding hydrogens is 316 g/mol. The van der Waals surface area contributed by atoms with Crippen LogP contribution in [0.1, 0.15) is 44.9 Å². The van der Waals surface area contributed by atoms with Crippen LogP contribution in [0.15, 0.2) is 12.4 Å². The van der Waals surface area contributed by atoms with Gasteiger partial charge in [0.1, 0.15) is 5.75 Å². The van der Waals surface area contributed by atoms with Crippen LogP contribution in [0.2, 0.25) is 0 Å². The maximum Gasteiger partial charge on any atom is 0.238 e. The first-order chi connectivity index (χ1) is 11.1. The van der Waals surface area contributed by atoms with Gasteiger partial charge in [0.25, 0.3) is 0 Å². The topological polar surface area (TPSA) is 85.2 Å². The van der Waals surface area contributed by atoms with Gasteiger partial charge in [0.15, 0.2) is 9.84 Å². The molecule has 0 unspecified atom stereocenters. The molecule has 0 N–H and O–H groups in total. The van der Waals surface area contributed by atoms with Gasteiger partial charge in [-0.1, -0.05) is 18.1 Å². The minimum absolute atomic E-state index is 0.0109. The van der Waals surface area contributed by atoms with E-state index in [1.54, 1.807) is 22.0 Å². The Morgan fingerprint density at radius 2 is 1.87 bits per heavy atom. The zero-order valence-electron chi connectivity index (χ0n) is 13.3. The highest BCUT2D eigenvalue weighted by atomic mass is 32.2. The van der Waals surface area contributed by atoms with E-state index in [1.807, 2.05) is 0 Å². The van der Waals surface area contributed by atoms with Crippen molar-refractivity contribution in [2.75, 3.05) is 12.3 Å². The number of likely N-dealkylation sites (tertiary alicyclic amines) is 1. The number of carbonyl (C=O) groups excluding carboxylic acids is 1. The van der Waals surface area contributed by atoms with Crippen molar-refractivity contribution in [1.29, 1.82) is 0 Å². The van der Waals surface area contributed by atoms with Crippen molar-refractivity contribution in [3.63, 3.8) is 0 Å². The normalized spacial score (nSPS) is 23.3. The average molecular weight is 340 g/mol. The van der Waals surface area contributed by atoms with E-state index in [-0.39, 0.29) is 23.0 Å². The number of amides is 1. The SMILES string of the molecule is O=C(CS(=O)(=O)C1CCCC1)N1CCCC[C@H]1Cn1ccnn1. The van der Waals surface area contributed by atoms with Crippen molar-refractivity contribution in [3.05, 3.63) is 12.4 Å². The number of carbonyl (C=O) groups is 1. The number of aromatic nitrogens is 3. The van der Waals surface area contributed by atoms with Gasteiger partial charge in [-0.05, 0) is 32.1 Å². The summed E-state index contributed by atoms with van der Waals surface area (Å²) in [6.45, 7) is 1.22. The fraction of sp³-hybridized carbons (Fsp3) is 0.800. The molecule has 3 rings (SSSR count). The summed E-state index contributed by atoms with van der Waals surface area (Å²) in [5, 5.41) is 7.42. The lowest BCUT2D eigenvalue weighted by atomic mass is 10.0. The van der Waals surface area contributed by atoms with Crippen molar-refractivity contribution in [2.24, 2.45) is 0 Å². The van der Waals surface area contributed by atoms with Crippen LogP contribution >= 0.6 is 0 Å². The van der Waals surface area contributed by atoms with E-state index in [2.05, 4.69) is 10.3 Å². The molecule has 128 valence electrons. The average Bonchev–Trinajstić information content (AvgIpc) is 3.21. The standard InChI is InChI=1S/C15H24N4O3S/c20-15(12-23(21,22)14-6-1-2-7-14)19-9-4-3-5-13(19)11-18-10-8-16-17-18/h8,10,13-14H,1-7,9,11-12H2/t13-/m0/s1. The third kappa shape index (κ3) is 3.91. The third-order valence-corrected chi connectivity index (χ3v) is 7.09. The molecule has 2 heterocycles. The molecule has 23 heavy (non-hydrogen) atoms. The van der Waals surface area contributed by atoms with Crippen molar-refractivity contribution in [3.8, 4) is 0 Å². The van der Waals surface area contributed by atoms with Crippen LogP contribution in [-0.2, 0) is 21.2 Å². The quantitative estimate of drug-likeness (QED) is 0.799.